The molecule has 3 rings (SSSR count). The third-order valence-corrected chi connectivity index (χ3v) is 6.14. The molecule has 152 valence electrons. The van der Waals surface area contributed by atoms with Crippen molar-refractivity contribution in [2.24, 2.45) is 0 Å². The van der Waals surface area contributed by atoms with Crippen molar-refractivity contribution in [1.82, 2.24) is 20.1 Å². The lowest BCUT2D eigenvalue weighted by atomic mass is 10.1. The predicted octanol–water partition coefficient (Wildman–Crippen LogP) is 4.50. The second kappa shape index (κ2) is 10.6. The normalized spacial score (nSPS) is 14.5. The third kappa shape index (κ3) is 5.84. The minimum absolute atomic E-state index is 0.147. The fourth-order valence-electron chi connectivity index (χ4n) is 3.92. The first-order valence-electron chi connectivity index (χ1n) is 10.5. The van der Waals surface area contributed by atoms with Crippen molar-refractivity contribution in [3.63, 3.8) is 0 Å². The third-order valence-electron chi connectivity index (χ3n) is 5.50. The lowest BCUT2D eigenvalue weighted by Gasteiger charge is -2.16. The number of hydrogen-bond donors (Lipinski definition) is 1. The zero-order valence-electron chi connectivity index (χ0n) is 17.1. The van der Waals surface area contributed by atoms with Crippen molar-refractivity contribution in [2.75, 3.05) is 12.8 Å². The van der Waals surface area contributed by atoms with Crippen LogP contribution in [0.15, 0.2) is 29.4 Å². The molecule has 1 aliphatic carbocycles. The van der Waals surface area contributed by atoms with E-state index in [-0.39, 0.29) is 5.91 Å². The van der Waals surface area contributed by atoms with Crippen LogP contribution in [0.3, 0.4) is 0 Å². The standard InChI is InChI=1S/C22H32N4OS/c1-17-12-14-18(15-13-17)7-5-11-21(27)23-16-6-10-20-24-25-22(28-2)26(20)19-8-3-4-9-19/h12-15,19H,3-11,16H2,1-2H3,(H,23,27). The number of aryl methyl sites for hydroxylation is 3. The zero-order valence-corrected chi connectivity index (χ0v) is 17.9. The van der Waals surface area contributed by atoms with Crippen LogP contribution in [0.5, 0.6) is 0 Å². The van der Waals surface area contributed by atoms with Gasteiger partial charge in [0.05, 0.1) is 0 Å². The van der Waals surface area contributed by atoms with Gasteiger partial charge in [0.25, 0.3) is 0 Å². The van der Waals surface area contributed by atoms with Gasteiger partial charge in [-0.3, -0.25) is 4.79 Å². The molecule has 1 fully saturated rings. The minimum atomic E-state index is 0.147. The van der Waals surface area contributed by atoms with Crippen LogP contribution < -0.4 is 5.32 Å². The number of benzene rings is 1. The van der Waals surface area contributed by atoms with Gasteiger partial charge in [-0.15, -0.1) is 10.2 Å². The highest BCUT2D eigenvalue weighted by Crippen LogP contribution is 2.33. The first kappa shape index (κ1) is 20.9. The Balaban J connectivity index is 1.37. The molecule has 0 spiro atoms. The number of rotatable bonds is 10. The van der Waals surface area contributed by atoms with Gasteiger partial charge in [0.15, 0.2) is 5.16 Å². The lowest BCUT2D eigenvalue weighted by Crippen LogP contribution is -2.25. The van der Waals surface area contributed by atoms with Crippen molar-refractivity contribution < 1.29 is 4.79 Å². The summed E-state index contributed by atoms with van der Waals surface area (Å²) in [6.45, 7) is 2.80. The number of hydrogen-bond acceptors (Lipinski definition) is 4. The fraction of sp³-hybridized carbons (Fsp3) is 0.591. The molecular weight excluding hydrogens is 368 g/mol. The minimum Gasteiger partial charge on any atom is -0.356 e. The van der Waals surface area contributed by atoms with Gasteiger partial charge < -0.3 is 9.88 Å². The first-order chi connectivity index (χ1) is 13.7. The summed E-state index contributed by atoms with van der Waals surface area (Å²) in [5.74, 6) is 1.22. The molecule has 1 aliphatic rings. The summed E-state index contributed by atoms with van der Waals surface area (Å²) in [6, 6.07) is 9.11. The van der Waals surface area contributed by atoms with Gasteiger partial charge >= 0.3 is 0 Å². The van der Waals surface area contributed by atoms with E-state index in [1.165, 1.54) is 36.8 Å². The smallest absolute Gasteiger partial charge is 0.220 e. The Morgan fingerprint density at radius 2 is 1.89 bits per heavy atom. The van der Waals surface area contributed by atoms with Gasteiger partial charge in [-0.05, 0) is 50.8 Å². The molecule has 0 aliphatic heterocycles. The number of carbonyl (C=O) groups is 1. The maximum atomic E-state index is 12.1. The van der Waals surface area contributed by atoms with E-state index < -0.39 is 0 Å². The second-order valence-corrected chi connectivity index (χ2v) is 8.48. The topological polar surface area (TPSA) is 59.8 Å². The number of aromatic nitrogens is 3. The molecule has 28 heavy (non-hydrogen) atoms. The molecule has 0 saturated heterocycles. The Hall–Kier alpha value is -1.82. The number of thioether (sulfide) groups is 1. The van der Waals surface area contributed by atoms with Crippen LogP contribution in [-0.4, -0.2) is 33.5 Å². The summed E-state index contributed by atoms with van der Waals surface area (Å²) < 4.78 is 2.35. The Morgan fingerprint density at radius 3 is 2.61 bits per heavy atom. The van der Waals surface area contributed by atoms with E-state index in [1.54, 1.807) is 11.8 Å². The molecule has 5 nitrogen and oxygen atoms in total. The van der Waals surface area contributed by atoms with E-state index in [0.29, 0.717) is 19.0 Å². The molecule has 0 radical (unpaired) electrons. The van der Waals surface area contributed by atoms with Gasteiger partial charge in [0, 0.05) is 25.4 Å². The average molecular weight is 401 g/mol. The molecule has 1 amide bonds. The Morgan fingerprint density at radius 1 is 1.14 bits per heavy atom. The maximum Gasteiger partial charge on any atom is 0.220 e. The van der Waals surface area contributed by atoms with Gasteiger partial charge in [0.2, 0.25) is 5.91 Å². The van der Waals surface area contributed by atoms with Crippen molar-refractivity contribution in [3.8, 4) is 0 Å². The molecular formula is C22H32N4OS. The van der Waals surface area contributed by atoms with Crippen molar-refractivity contribution in [3.05, 3.63) is 41.2 Å². The van der Waals surface area contributed by atoms with Crippen LogP contribution in [0.2, 0.25) is 0 Å². The van der Waals surface area contributed by atoms with E-state index in [4.69, 9.17) is 0 Å². The predicted molar refractivity (Wildman–Crippen MR) is 115 cm³/mol. The van der Waals surface area contributed by atoms with E-state index in [2.05, 4.69) is 57.5 Å². The average Bonchev–Trinajstić information content (AvgIpc) is 3.36. The van der Waals surface area contributed by atoms with E-state index in [1.807, 2.05) is 0 Å². The monoisotopic (exact) mass is 400 g/mol. The van der Waals surface area contributed by atoms with Gasteiger partial charge in [0.1, 0.15) is 5.82 Å². The van der Waals surface area contributed by atoms with Gasteiger partial charge in [-0.1, -0.05) is 54.4 Å². The second-order valence-electron chi connectivity index (χ2n) is 7.70. The number of amides is 1. The van der Waals surface area contributed by atoms with Crippen LogP contribution in [0, 0.1) is 6.92 Å². The van der Waals surface area contributed by atoms with E-state index >= 15 is 0 Å². The molecule has 0 bridgehead atoms. The number of nitrogens with zero attached hydrogens (tertiary/aromatic N) is 3. The molecule has 1 N–H and O–H groups in total. The highest BCUT2D eigenvalue weighted by molar-refractivity contribution is 7.98. The van der Waals surface area contributed by atoms with E-state index in [9.17, 15) is 4.79 Å². The Kier molecular flexibility index (Phi) is 7.95. The molecule has 1 saturated carbocycles. The fourth-order valence-corrected chi connectivity index (χ4v) is 4.49. The molecule has 6 heteroatoms. The van der Waals surface area contributed by atoms with Crippen LogP contribution in [0.25, 0.3) is 0 Å². The summed E-state index contributed by atoms with van der Waals surface area (Å²) in [7, 11) is 0. The van der Waals surface area contributed by atoms with Crippen LogP contribution in [0.4, 0.5) is 0 Å². The quantitative estimate of drug-likeness (QED) is 0.471. The van der Waals surface area contributed by atoms with Crippen LogP contribution in [-0.2, 0) is 17.6 Å². The summed E-state index contributed by atoms with van der Waals surface area (Å²) in [5, 5.41) is 12.9. The van der Waals surface area contributed by atoms with E-state index in [0.717, 1.165) is 36.7 Å². The number of nitrogens with one attached hydrogen (secondary N) is 1. The zero-order chi connectivity index (χ0) is 19.8. The van der Waals surface area contributed by atoms with Crippen LogP contribution >= 0.6 is 11.8 Å². The molecule has 0 atom stereocenters. The summed E-state index contributed by atoms with van der Waals surface area (Å²) >= 11 is 1.67. The van der Waals surface area contributed by atoms with Crippen LogP contribution in [0.1, 0.15) is 67.9 Å². The SMILES string of the molecule is CSc1nnc(CCCNC(=O)CCCc2ccc(C)cc2)n1C1CCCC1. The highest BCUT2D eigenvalue weighted by atomic mass is 32.2. The molecule has 1 aromatic heterocycles. The van der Waals surface area contributed by atoms with Gasteiger partial charge in [-0.25, -0.2) is 0 Å². The molecule has 2 aromatic rings. The summed E-state index contributed by atoms with van der Waals surface area (Å²) in [6.07, 6.45) is 11.3. The summed E-state index contributed by atoms with van der Waals surface area (Å²) in [5.41, 5.74) is 2.57. The molecule has 1 aromatic carbocycles. The highest BCUT2D eigenvalue weighted by Gasteiger charge is 2.23. The van der Waals surface area contributed by atoms with Crippen molar-refractivity contribution in [2.45, 2.75) is 75.9 Å². The Labute approximate surface area is 172 Å². The first-order valence-corrected chi connectivity index (χ1v) is 11.7. The van der Waals surface area contributed by atoms with Gasteiger partial charge in [-0.2, -0.15) is 0 Å². The molecule has 0 unspecified atom stereocenters. The Bertz CT molecular complexity index is 750. The number of carbonyl (C=O) groups excluding carboxylic acids is 1. The maximum absolute atomic E-state index is 12.1. The molecule has 1 heterocycles. The largest absolute Gasteiger partial charge is 0.356 e. The summed E-state index contributed by atoms with van der Waals surface area (Å²) in [4.78, 5) is 12.1. The van der Waals surface area contributed by atoms with Crippen molar-refractivity contribution in [1.29, 1.82) is 0 Å². The van der Waals surface area contributed by atoms with Crippen molar-refractivity contribution >= 4 is 17.7 Å². The lowest BCUT2D eigenvalue weighted by molar-refractivity contribution is -0.121.